The summed E-state index contributed by atoms with van der Waals surface area (Å²) in [5.41, 5.74) is 7.40. The van der Waals surface area contributed by atoms with E-state index in [0.29, 0.717) is 22.8 Å². The molecule has 110 valence electrons. The zero-order chi connectivity index (χ0) is 15.5. The van der Waals surface area contributed by atoms with Crippen LogP contribution in [0.3, 0.4) is 0 Å². The molecule has 0 atom stereocenters. The summed E-state index contributed by atoms with van der Waals surface area (Å²) in [6.45, 7) is 0. The number of nitrogens with zero attached hydrogens (tertiary/aromatic N) is 2. The summed E-state index contributed by atoms with van der Waals surface area (Å²) in [6, 6.07) is 16.2. The fraction of sp³-hybridized carbons (Fsp3) is 0.0588. The van der Waals surface area contributed by atoms with Crippen molar-refractivity contribution in [1.29, 1.82) is 0 Å². The van der Waals surface area contributed by atoms with E-state index in [1.807, 2.05) is 24.3 Å². The normalized spacial score (nSPS) is 11.1. The molecule has 0 bridgehead atoms. The van der Waals surface area contributed by atoms with Crippen molar-refractivity contribution in [3.05, 3.63) is 54.6 Å². The van der Waals surface area contributed by atoms with E-state index in [9.17, 15) is 5.11 Å². The minimum atomic E-state index is 0.0525. The molecule has 5 heteroatoms. The minimum Gasteiger partial charge on any atom is -0.506 e. The number of ether oxygens (including phenoxy) is 1. The number of hydrogen-bond donors (Lipinski definition) is 2. The standard InChI is InChI=1S/C17H15N3O2/c1-22-16-5-3-2-4-14(16)19-20-17-13-10-12(18)8-6-11(13)7-9-15(17)21/h2-10,21H,18H2,1H3/b20-19+. The molecule has 3 aromatic rings. The van der Waals surface area contributed by atoms with Crippen molar-refractivity contribution in [1.82, 2.24) is 0 Å². The SMILES string of the molecule is COc1ccccc1/N=N/c1c(O)ccc2ccc(N)cc12. The zero-order valence-electron chi connectivity index (χ0n) is 12.0. The van der Waals surface area contributed by atoms with Gasteiger partial charge in [-0.15, -0.1) is 10.2 Å². The molecule has 5 nitrogen and oxygen atoms in total. The lowest BCUT2D eigenvalue weighted by Gasteiger charge is -2.06. The Balaban J connectivity index is 2.12. The number of nitrogen functional groups attached to an aromatic ring is 1. The predicted octanol–water partition coefficient (Wildman–Crippen LogP) is 4.55. The molecule has 22 heavy (non-hydrogen) atoms. The van der Waals surface area contributed by atoms with Gasteiger partial charge < -0.3 is 15.6 Å². The van der Waals surface area contributed by atoms with Crippen LogP contribution >= 0.6 is 0 Å². The van der Waals surface area contributed by atoms with E-state index in [0.717, 1.165) is 10.8 Å². The third kappa shape index (κ3) is 2.56. The van der Waals surface area contributed by atoms with E-state index in [-0.39, 0.29) is 5.75 Å². The van der Waals surface area contributed by atoms with Crippen LogP contribution in [0.1, 0.15) is 0 Å². The van der Waals surface area contributed by atoms with Crippen LogP contribution in [0.4, 0.5) is 17.1 Å². The van der Waals surface area contributed by atoms with Gasteiger partial charge in [0.2, 0.25) is 0 Å². The Morgan fingerprint density at radius 1 is 1.00 bits per heavy atom. The van der Waals surface area contributed by atoms with Gasteiger partial charge in [-0.1, -0.05) is 24.3 Å². The van der Waals surface area contributed by atoms with Crippen molar-refractivity contribution in [2.24, 2.45) is 10.2 Å². The highest BCUT2D eigenvalue weighted by atomic mass is 16.5. The molecule has 3 aromatic carbocycles. The van der Waals surface area contributed by atoms with Crippen LogP contribution in [0.5, 0.6) is 11.5 Å². The molecule has 0 saturated heterocycles. The van der Waals surface area contributed by atoms with Crippen molar-refractivity contribution >= 4 is 27.8 Å². The van der Waals surface area contributed by atoms with Gasteiger partial charge in [0.05, 0.1) is 7.11 Å². The van der Waals surface area contributed by atoms with Crippen molar-refractivity contribution in [2.45, 2.75) is 0 Å². The first-order valence-electron chi connectivity index (χ1n) is 6.75. The Labute approximate surface area is 127 Å². The number of aromatic hydroxyl groups is 1. The Morgan fingerprint density at radius 2 is 1.77 bits per heavy atom. The summed E-state index contributed by atoms with van der Waals surface area (Å²) in [5.74, 6) is 0.669. The second kappa shape index (κ2) is 5.73. The highest BCUT2D eigenvalue weighted by Crippen LogP contribution is 2.38. The molecular formula is C17H15N3O2. The monoisotopic (exact) mass is 293 g/mol. The van der Waals surface area contributed by atoms with Crippen LogP contribution in [0.25, 0.3) is 10.8 Å². The number of rotatable bonds is 3. The number of phenols is 1. The van der Waals surface area contributed by atoms with E-state index < -0.39 is 0 Å². The van der Waals surface area contributed by atoms with Crippen LogP contribution in [0, 0.1) is 0 Å². The predicted molar refractivity (Wildman–Crippen MR) is 87.2 cm³/mol. The molecule has 0 unspecified atom stereocenters. The van der Waals surface area contributed by atoms with E-state index in [1.165, 1.54) is 0 Å². The molecule has 3 N–H and O–H groups in total. The molecule has 0 aliphatic rings. The van der Waals surface area contributed by atoms with Crippen molar-refractivity contribution < 1.29 is 9.84 Å². The van der Waals surface area contributed by atoms with Gasteiger partial charge in [-0.2, -0.15) is 0 Å². The maximum atomic E-state index is 10.1. The largest absolute Gasteiger partial charge is 0.506 e. The Bertz CT molecular complexity index is 854. The maximum absolute atomic E-state index is 10.1. The number of para-hydroxylation sites is 1. The summed E-state index contributed by atoms with van der Waals surface area (Å²) >= 11 is 0. The van der Waals surface area contributed by atoms with Gasteiger partial charge in [0, 0.05) is 11.1 Å². The molecule has 0 spiro atoms. The topological polar surface area (TPSA) is 80.2 Å². The fourth-order valence-corrected chi connectivity index (χ4v) is 2.23. The lowest BCUT2D eigenvalue weighted by atomic mass is 10.1. The smallest absolute Gasteiger partial charge is 0.146 e. The average Bonchev–Trinajstić information content (AvgIpc) is 2.54. The Kier molecular flexibility index (Phi) is 3.62. The van der Waals surface area contributed by atoms with Gasteiger partial charge in [0.25, 0.3) is 0 Å². The summed E-state index contributed by atoms with van der Waals surface area (Å²) < 4.78 is 5.23. The second-order valence-electron chi connectivity index (χ2n) is 4.79. The van der Waals surface area contributed by atoms with Crippen LogP contribution in [-0.2, 0) is 0 Å². The van der Waals surface area contributed by atoms with Crippen LogP contribution < -0.4 is 10.5 Å². The average molecular weight is 293 g/mol. The molecule has 0 amide bonds. The van der Waals surface area contributed by atoms with Crippen molar-refractivity contribution in [2.75, 3.05) is 12.8 Å². The third-order valence-electron chi connectivity index (χ3n) is 3.34. The molecule has 0 aromatic heterocycles. The molecule has 0 saturated carbocycles. The molecular weight excluding hydrogens is 278 g/mol. The van der Waals surface area contributed by atoms with Crippen LogP contribution in [0.2, 0.25) is 0 Å². The first-order valence-corrected chi connectivity index (χ1v) is 6.75. The number of azo groups is 1. The van der Waals surface area contributed by atoms with Gasteiger partial charge >= 0.3 is 0 Å². The fourth-order valence-electron chi connectivity index (χ4n) is 2.23. The molecule has 0 aliphatic heterocycles. The minimum absolute atomic E-state index is 0.0525. The molecule has 0 aliphatic carbocycles. The first-order chi connectivity index (χ1) is 10.7. The third-order valence-corrected chi connectivity index (χ3v) is 3.34. The number of hydrogen-bond acceptors (Lipinski definition) is 5. The molecule has 0 heterocycles. The number of fused-ring (bicyclic) bond motifs is 1. The summed E-state index contributed by atoms with van der Waals surface area (Å²) in [5, 5.41) is 20.1. The zero-order valence-corrected chi connectivity index (χ0v) is 12.0. The van der Waals surface area contributed by atoms with Crippen molar-refractivity contribution in [3.8, 4) is 11.5 Å². The highest BCUT2D eigenvalue weighted by Gasteiger charge is 2.07. The van der Waals surface area contributed by atoms with E-state index in [4.69, 9.17) is 10.5 Å². The quantitative estimate of drug-likeness (QED) is 0.549. The maximum Gasteiger partial charge on any atom is 0.146 e. The molecule has 0 radical (unpaired) electrons. The Morgan fingerprint density at radius 3 is 2.59 bits per heavy atom. The molecule has 3 rings (SSSR count). The summed E-state index contributed by atoms with van der Waals surface area (Å²) in [4.78, 5) is 0. The number of nitrogens with two attached hydrogens (primary N) is 1. The van der Waals surface area contributed by atoms with Gasteiger partial charge in [0.1, 0.15) is 22.9 Å². The first kappa shape index (κ1) is 13.9. The van der Waals surface area contributed by atoms with Gasteiger partial charge in [-0.05, 0) is 35.7 Å². The number of phenolic OH excluding ortho intramolecular Hbond substituents is 1. The summed E-state index contributed by atoms with van der Waals surface area (Å²) in [7, 11) is 1.57. The number of anilines is 1. The second-order valence-corrected chi connectivity index (χ2v) is 4.79. The molecule has 0 fully saturated rings. The number of methoxy groups -OCH3 is 1. The van der Waals surface area contributed by atoms with Gasteiger partial charge in [0.15, 0.2) is 0 Å². The van der Waals surface area contributed by atoms with Gasteiger partial charge in [-0.25, -0.2) is 0 Å². The van der Waals surface area contributed by atoms with E-state index in [1.54, 1.807) is 37.4 Å². The Hall–Kier alpha value is -3.08. The van der Waals surface area contributed by atoms with Crippen LogP contribution in [0.15, 0.2) is 64.8 Å². The van der Waals surface area contributed by atoms with E-state index >= 15 is 0 Å². The number of benzene rings is 3. The van der Waals surface area contributed by atoms with E-state index in [2.05, 4.69) is 10.2 Å². The van der Waals surface area contributed by atoms with Crippen LogP contribution in [-0.4, -0.2) is 12.2 Å². The van der Waals surface area contributed by atoms with Crippen molar-refractivity contribution in [3.63, 3.8) is 0 Å². The summed E-state index contributed by atoms with van der Waals surface area (Å²) in [6.07, 6.45) is 0. The lowest BCUT2D eigenvalue weighted by molar-refractivity contribution is 0.416. The highest BCUT2D eigenvalue weighted by molar-refractivity contribution is 5.97. The van der Waals surface area contributed by atoms with Gasteiger partial charge in [-0.3, -0.25) is 0 Å². The lowest BCUT2D eigenvalue weighted by Crippen LogP contribution is -1.84.